The maximum atomic E-state index is 13.0. The van der Waals surface area contributed by atoms with Crippen molar-refractivity contribution in [2.75, 3.05) is 5.32 Å². The highest BCUT2D eigenvalue weighted by Gasteiger charge is 2.20. The largest absolute Gasteiger partial charge is 0.323 e. The lowest BCUT2D eigenvalue weighted by atomic mass is 10.1. The van der Waals surface area contributed by atoms with Crippen molar-refractivity contribution in [2.45, 2.75) is 0 Å². The molecule has 0 unspecified atom stereocenters. The maximum absolute atomic E-state index is 13.0. The van der Waals surface area contributed by atoms with Crippen molar-refractivity contribution < 1.29 is 4.79 Å². The number of hydrogen-bond donors (Lipinski definition) is 1. The fraction of sp³-hybridized carbons (Fsp3) is 0. The molecule has 0 fully saturated rings. The summed E-state index contributed by atoms with van der Waals surface area (Å²) in [6.45, 7) is 0. The second-order valence-electron chi connectivity index (χ2n) is 5.27. The predicted octanol–water partition coefficient (Wildman–Crippen LogP) is 3.70. The molecule has 1 aromatic carbocycles. The molecule has 0 aliphatic rings. The van der Waals surface area contributed by atoms with E-state index in [1.807, 2.05) is 60.8 Å². The van der Waals surface area contributed by atoms with Gasteiger partial charge in [-0.25, -0.2) is 9.97 Å². The summed E-state index contributed by atoms with van der Waals surface area (Å²) in [5, 5.41) is 3.15. The van der Waals surface area contributed by atoms with E-state index in [4.69, 9.17) is 0 Å². The minimum Gasteiger partial charge on any atom is -0.323 e. The normalized spacial score (nSPS) is 10.7. The molecule has 0 atom stereocenters. The Kier molecular flexibility index (Phi) is 3.51. The molecule has 0 aliphatic carbocycles. The predicted molar refractivity (Wildman–Crippen MR) is 92.6 cm³/mol. The Labute approximate surface area is 138 Å². The van der Waals surface area contributed by atoms with Crippen molar-refractivity contribution in [3.05, 3.63) is 90.4 Å². The Morgan fingerprint density at radius 2 is 1.71 bits per heavy atom. The molecule has 4 aromatic rings. The minimum atomic E-state index is -0.0901. The number of pyridine rings is 2. The summed E-state index contributed by atoms with van der Waals surface area (Å²) in [6, 6.07) is 20.4. The number of rotatable bonds is 4. The molecule has 0 saturated carbocycles. The van der Waals surface area contributed by atoms with E-state index >= 15 is 0 Å². The van der Waals surface area contributed by atoms with E-state index in [0.717, 1.165) is 0 Å². The van der Waals surface area contributed by atoms with Crippen molar-refractivity contribution in [3.63, 3.8) is 0 Å². The van der Waals surface area contributed by atoms with Gasteiger partial charge in [-0.1, -0.05) is 42.5 Å². The van der Waals surface area contributed by atoms with Crippen LogP contribution in [-0.4, -0.2) is 20.2 Å². The number of carbonyl (C=O) groups excluding carboxylic acids is 1. The summed E-state index contributed by atoms with van der Waals surface area (Å²) in [7, 11) is 0. The number of nitrogens with zero attached hydrogens (tertiary/aromatic N) is 3. The molecule has 116 valence electrons. The number of benzene rings is 1. The Morgan fingerprint density at radius 3 is 2.50 bits per heavy atom. The Balaban J connectivity index is 1.86. The zero-order valence-electron chi connectivity index (χ0n) is 12.8. The summed E-state index contributed by atoms with van der Waals surface area (Å²) in [5.74, 6) is 1.05. The van der Waals surface area contributed by atoms with Gasteiger partial charge in [0.1, 0.15) is 17.2 Å². The van der Waals surface area contributed by atoms with Crippen molar-refractivity contribution >= 4 is 23.1 Å². The van der Waals surface area contributed by atoms with E-state index < -0.39 is 0 Å². The van der Waals surface area contributed by atoms with Crippen LogP contribution in [0.2, 0.25) is 0 Å². The summed E-state index contributed by atoms with van der Waals surface area (Å²) < 4.78 is 1.79. The number of anilines is 2. The molecule has 5 nitrogen and oxygen atoms in total. The zero-order chi connectivity index (χ0) is 16.4. The van der Waals surface area contributed by atoms with E-state index in [0.29, 0.717) is 28.5 Å². The van der Waals surface area contributed by atoms with Crippen LogP contribution in [0.3, 0.4) is 0 Å². The number of imidazole rings is 1. The van der Waals surface area contributed by atoms with Gasteiger partial charge in [-0.15, -0.1) is 0 Å². The number of fused-ring (bicyclic) bond motifs is 1. The van der Waals surface area contributed by atoms with Gasteiger partial charge >= 0.3 is 0 Å². The SMILES string of the molecule is O=C(c1ccccc1)c1c(Nc2ccccn2)nc2ccccn12. The van der Waals surface area contributed by atoms with Gasteiger partial charge in [0, 0.05) is 18.0 Å². The van der Waals surface area contributed by atoms with E-state index in [2.05, 4.69) is 15.3 Å². The van der Waals surface area contributed by atoms with Gasteiger partial charge in [-0.05, 0) is 24.3 Å². The van der Waals surface area contributed by atoms with Gasteiger partial charge < -0.3 is 5.32 Å². The quantitative estimate of drug-likeness (QED) is 0.583. The fourth-order valence-corrected chi connectivity index (χ4v) is 2.58. The average molecular weight is 314 g/mol. The van der Waals surface area contributed by atoms with Gasteiger partial charge in [0.2, 0.25) is 5.78 Å². The lowest BCUT2D eigenvalue weighted by Gasteiger charge is -2.06. The molecule has 24 heavy (non-hydrogen) atoms. The first kappa shape index (κ1) is 14.1. The smallest absolute Gasteiger partial charge is 0.213 e. The fourth-order valence-electron chi connectivity index (χ4n) is 2.58. The van der Waals surface area contributed by atoms with Crippen molar-refractivity contribution in [2.24, 2.45) is 0 Å². The molecular formula is C19H14N4O. The molecule has 1 N–H and O–H groups in total. The third kappa shape index (κ3) is 2.52. The van der Waals surface area contributed by atoms with Crippen molar-refractivity contribution in [1.29, 1.82) is 0 Å². The molecule has 0 bridgehead atoms. The van der Waals surface area contributed by atoms with Gasteiger partial charge in [0.15, 0.2) is 5.82 Å². The van der Waals surface area contributed by atoms with Crippen LogP contribution >= 0.6 is 0 Å². The molecular weight excluding hydrogens is 300 g/mol. The van der Waals surface area contributed by atoms with E-state index in [1.165, 1.54) is 0 Å². The van der Waals surface area contributed by atoms with Crippen LogP contribution in [0.5, 0.6) is 0 Å². The monoisotopic (exact) mass is 314 g/mol. The Bertz CT molecular complexity index is 994. The van der Waals surface area contributed by atoms with Crippen LogP contribution in [0.25, 0.3) is 5.65 Å². The highest BCUT2D eigenvalue weighted by Crippen LogP contribution is 2.23. The van der Waals surface area contributed by atoms with E-state index in [9.17, 15) is 4.79 Å². The van der Waals surface area contributed by atoms with Crippen LogP contribution < -0.4 is 5.32 Å². The topological polar surface area (TPSA) is 59.3 Å². The number of ketones is 1. The molecule has 5 heteroatoms. The molecule has 0 aliphatic heterocycles. The van der Waals surface area contributed by atoms with Gasteiger partial charge in [-0.3, -0.25) is 9.20 Å². The summed E-state index contributed by atoms with van der Waals surface area (Å²) in [5.41, 5.74) is 1.81. The molecule has 0 saturated heterocycles. The highest BCUT2D eigenvalue weighted by atomic mass is 16.1. The number of aromatic nitrogens is 3. The first-order valence-electron chi connectivity index (χ1n) is 7.58. The molecule has 0 spiro atoms. The van der Waals surface area contributed by atoms with Crippen LogP contribution in [-0.2, 0) is 0 Å². The lowest BCUT2D eigenvalue weighted by Crippen LogP contribution is -2.08. The van der Waals surface area contributed by atoms with Crippen LogP contribution in [0.15, 0.2) is 79.1 Å². The third-order valence-electron chi connectivity index (χ3n) is 3.69. The number of nitrogens with one attached hydrogen (secondary N) is 1. The molecule has 0 radical (unpaired) electrons. The Hall–Kier alpha value is -3.47. The second-order valence-corrected chi connectivity index (χ2v) is 5.27. The maximum Gasteiger partial charge on any atom is 0.213 e. The summed E-state index contributed by atoms with van der Waals surface area (Å²) in [6.07, 6.45) is 3.53. The average Bonchev–Trinajstić information content (AvgIpc) is 3.00. The first-order chi connectivity index (χ1) is 11.8. The van der Waals surface area contributed by atoms with Crippen LogP contribution in [0, 0.1) is 0 Å². The van der Waals surface area contributed by atoms with E-state index in [-0.39, 0.29) is 5.78 Å². The number of carbonyl (C=O) groups is 1. The van der Waals surface area contributed by atoms with Crippen molar-refractivity contribution in [1.82, 2.24) is 14.4 Å². The second kappa shape index (κ2) is 5.96. The molecule has 3 aromatic heterocycles. The van der Waals surface area contributed by atoms with E-state index in [1.54, 1.807) is 22.7 Å². The molecule has 3 heterocycles. The zero-order valence-corrected chi connectivity index (χ0v) is 12.8. The van der Waals surface area contributed by atoms with Gasteiger partial charge in [-0.2, -0.15) is 0 Å². The van der Waals surface area contributed by atoms with Crippen molar-refractivity contribution in [3.8, 4) is 0 Å². The first-order valence-corrected chi connectivity index (χ1v) is 7.58. The highest BCUT2D eigenvalue weighted by molar-refractivity contribution is 6.11. The standard InChI is InChI=1S/C19H14N4O/c24-18(14-8-2-1-3-9-14)17-19(21-15-10-4-6-12-20-15)22-16-11-5-7-13-23(16)17/h1-13H,(H,20,21). The number of hydrogen-bond acceptors (Lipinski definition) is 4. The van der Waals surface area contributed by atoms with Gasteiger partial charge in [0.05, 0.1) is 0 Å². The third-order valence-corrected chi connectivity index (χ3v) is 3.69. The lowest BCUT2D eigenvalue weighted by molar-refractivity contribution is 0.103. The van der Waals surface area contributed by atoms with Crippen LogP contribution in [0.4, 0.5) is 11.6 Å². The minimum absolute atomic E-state index is 0.0901. The van der Waals surface area contributed by atoms with Crippen LogP contribution in [0.1, 0.15) is 16.1 Å². The summed E-state index contributed by atoms with van der Waals surface area (Å²) >= 11 is 0. The summed E-state index contributed by atoms with van der Waals surface area (Å²) in [4.78, 5) is 21.8. The Morgan fingerprint density at radius 1 is 0.917 bits per heavy atom. The molecule has 4 rings (SSSR count). The van der Waals surface area contributed by atoms with Gasteiger partial charge in [0.25, 0.3) is 0 Å². The molecule has 0 amide bonds.